The third-order valence-corrected chi connectivity index (χ3v) is 6.58. The fourth-order valence-corrected chi connectivity index (χ4v) is 4.91. The van der Waals surface area contributed by atoms with Gasteiger partial charge in [-0.2, -0.15) is 13.2 Å². The third-order valence-electron chi connectivity index (χ3n) is 6.58. The predicted octanol–water partition coefficient (Wildman–Crippen LogP) is 2.52. The van der Waals surface area contributed by atoms with Gasteiger partial charge in [0.15, 0.2) is 11.9 Å². The molecule has 9 nitrogen and oxygen atoms in total. The molecule has 184 valence electrons. The number of carboxylic acids is 1. The van der Waals surface area contributed by atoms with Gasteiger partial charge in [-0.05, 0) is 42.2 Å². The van der Waals surface area contributed by atoms with Gasteiger partial charge in [0.05, 0.1) is 16.7 Å². The maximum atomic E-state index is 13.5. The highest BCUT2D eigenvalue weighted by Crippen LogP contribution is 2.45. The van der Waals surface area contributed by atoms with E-state index in [0.29, 0.717) is 5.52 Å². The van der Waals surface area contributed by atoms with Gasteiger partial charge in [-0.1, -0.05) is 12.1 Å². The molecule has 1 aromatic heterocycles. The number of aromatic nitrogens is 1. The van der Waals surface area contributed by atoms with Gasteiger partial charge < -0.3 is 24.6 Å². The summed E-state index contributed by atoms with van der Waals surface area (Å²) < 4.78 is 47.0. The van der Waals surface area contributed by atoms with Crippen molar-refractivity contribution in [1.29, 1.82) is 0 Å². The topological polar surface area (TPSA) is 119 Å². The number of aryl methyl sites for hydroxylation is 1. The highest BCUT2D eigenvalue weighted by Gasteiger charge is 2.46. The van der Waals surface area contributed by atoms with Crippen molar-refractivity contribution in [1.82, 2.24) is 9.47 Å². The van der Waals surface area contributed by atoms with Crippen LogP contribution in [-0.2, 0) is 24.4 Å². The second-order valence-electron chi connectivity index (χ2n) is 8.47. The molecule has 5 rings (SSSR count). The summed E-state index contributed by atoms with van der Waals surface area (Å²) in [4.78, 5) is 26.0. The number of oxazole rings is 1. The van der Waals surface area contributed by atoms with Gasteiger partial charge >= 0.3 is 17.9 Å². The molecular formula is C23H20F3N3O6. The molecule has 2 aromatic carbocycles. The Labute approximate surface area is 195 Å². The molecule has 0 amide bonds. The zero-order valence-corrected chi connectivity index (χ0v) is 18.2. The Bertz CT molecular complexity index is 1430. The minimum atomic E-state index is -4.58. The minimum Gasteiger partial charge on any atom is -0.478 e. The van der Waals surface area contributed by atoms with Gasteiger partial charge in [-0.25, -0.2) is 14.5 Å². The maximum Gasteiger partial charge on any atom is 0.419 e. The fourth-order valence-electron chi connectivity index (χ4n) is 4.91. The van der Waals surface area contributed by atoms with E-state index in [1.54, 1.807) is 6.07 Å². The number of halogens is 3. The van der Waals surface area contributed by atoms with Gasteiger partial charge in [0.2, 0.25) is 0 Å². The van der Waals surface area contributed by atoms with Gasteiger partial charge in [0.25, 0.3) is 0 Å². The largest absolute Gasteiger partial charge is 0.478 e. The monoisotopic (exact) mass is 491 g/mol. The zero-order chi connectivity index (χ0) is 25.2. The Kier molecular flexibility index (Phi) is 5.27. The molecule has 1 aliphatic heterocycles. The maximum absolute atomic E-state index is 13.5. The lowest BCUT2D eigenvalue weighted by Gasteiger charge is -2.45. The molecule has 0 spiro atoms. The number of carboxylic acid groups (broad SMARTS) is 1. The van der Waals surface area contributed by atoms with E-state index >= 15 is 0 Å². The number of hydrogen-bond acceptors (Lipinski definition) is 7. The molecule has 3 aromatic rings. The lowest BCUT2D eigenvalue weighted by molar-refractivity contribution is -0.144. The smallest absolute Gasteiger partial charge is 0.419 e. The first-order valence-electron chi connectivity index (χ1n) is 10.6. The number of aliphatic carboxylic acids is 1. The number of anilines is 1. The molecular weight excluding hydrogens is 471 g/mol. The molecule has 2 aliphatic rings. The number of alkyl halides is 3. The minimum absolute atomic E-state index is 0.0405. The quantitative estimate of drug-likeness (QED) is 0.512. The Morgan fingerprint density at radius 2 is 1.91 bits per heavy atom. The van der Waals surface area contributed by atoms with Crippen molar-refractivity contribution in [2.24, 2.45) is 7.05 Å². The number of rotatable bonds is 3. The number of hydrogen-bond donors (Lipinski definition) is 3. The van der Waals surface area contributed by atoms with Crippen molar-refractivity contribution < 1.29 is 37.7 Å². The zero-order valence-electron chi connectivity index (χ0n) is 18.2. The first-order valence-corrected chi connectivity index (χ1v) is 10.6. The third kappa shape index (κ3) is 3.61. The molecule has 0 bridgehead atoms. The van der Waals surface area contributed by atoms with E-state index < -0.39 is 47.7 Å². The highest BCUT2D eigenvalue weighted by molar-refractivity contribution is 5.89. The predicted molar refractivity (Wildman–Crippen MR) is 116 cm³/mol. The summed E-state index contributed by atoms with van der Waals surface area (Å²) in [6.07, 6.45) is -6.78. The summed E-state index contributed by atoms with van der Waals surface area (Å²) in [5, 5.41) is 31.8. The van der Waals surface area contributed by atoms with Crippen LogP contribution in [0.15, 0.2) is 57.4 Å². The summed E-state index contributed by atoms with van der Waals surface area (Å²) in [6, 6.07) is 7.32. The molecule has 2 unspecified atom stereocenters. The average Bonchev–Trinajstić information content (AvgIpc) is 3.33. The second-order valence-corrected chi connectivity index (χ2v) is 8.47. The van der Waals surface area contributed by atoms with E-state index in [9.17, 15) is 38.1 Å². The van der Waals surface area contributed by atoms with Crippen LogP contribution in [0, 0.1) is 0 Å². The van der Waals surface area contributed by atoms with Gasteiger partial charge in [0.1, 0.15) is 6.23 Å². The highest BCUT2D eigenvalue weighted by atomic mass is 19.4. The average molecular weight is 491 g/mol. The van der Waals surface area contributed by atoms with Crippen LogP contribution in [0.25, 0.3) is 11.1 Å². The first-order chi connectivity index (χ1) is 16.5. The lowest BCUT2D eigenvalue weighted by Crippen LogP contribution is -2.57. The Balaban J connectivity index is 1.60. The number of benzene rings is 2. The van der Waals surface area contributed by atoms with Crippen LogP contribution in [-0.4, -0.2) is 43.3 Å². The van der Waals surface area contributed by atoms with Crippen LogP contribution in [0.3, 0.4) is 0 Å². The summed E-state index contributed by atoms with van der Waals surface area (Å²) in [5.74, 6) is -2.08. The molecule has 12 heteroatoms. The standard InChI is InChI=1S/C23H20F3N3O6/c1-27-17-7-5-11(9-18(17)35-22(27)34)28-10-14(20(31)32)19(30)29(21(28)33)16-8-6-12-13(16)3-2-4-15(12)23(24,25)26/h2-5,7,9-10,16,19,21,30,33H,6,8H2,1H3,(H,31,32)/t16-,19?,21?/m1/s1. The van der Waals surface area contributed by atoms with E-state index in [1.165, 1.54) is 35.9 Å². The summed E-state index contributed by atoms with van der Waals surface area (Å²) in [6.45, 7) is 0. The van der Waals surface area contributed by atoms with Crippen molar-refractivity contribution in [3.8, 4) is 0 Å². The summed E-state index contributed by atoms with van der Waals surface area (Å²) in [5.41, 5.74) is -0.0689. The van der Waals surface area contributed by atoms with Crippen molar-refractivity contribution in [2.45, 2.75) is 37.6 Å². The molecule has 0 fully saturated rings. The summed E-state index contributed by atoms with van der Waals surface area (Å²) in [7, 11) is 1.51. The van der Waals surface area contributed by atoms with E-state index in [1.807, 2.05) is 0 Å². The normalized spacial score (nSPS) is 23.0. The Morgan fingerprint density at radius 3 is 2.60 bits per heavy atom. The Hall–Kier alpha value is -3.61. The number of aliphatic hydroxyl groups excluding tert-OH is 2. The summed E-state index contributed by atoms with van der Waals surface area (Å²) >= 11 is 0. The number of aliphatic hydroxyl groups is 2. The van der Waals surface area contributed by atoms with E-state index in [2.05, 4.69) is 0 Å². The van der Waals surface area contributed by atoms with Crippen LogP contribution >= 0.6 is 0 Å². The molecule has 3 atom stereocenters. The van der Waals surface area contributed by atoms with Crippen LogP contribution in [0.1, 0.15) is 29.2 Å². The number of fused-ring (bicyclic) bond motifs is 2. The number of carbonyl (C=O) groups is 1. The Morgan fingerprint density at radius 1 is 1.17 bits per heavy atom. The molecule has 3 N–H and O–H groups in total. The lowest BCUT2D eigenvalue weighted by atomic mass is 10.00. The molecule has 35 heavy (non-hydrogen) atoms. The van der Waals surface area contributed by atoms with Crippen LogP contribution in [0.5, 0.6) is 0 Å². The molecule has 0 saturated heterocycles. The van der Waals surface area contributed by atoms with Crippen molar-refractivity contribution in [2.75, 3.05) is 4.90 Å². The van der Waals surface area contributed by atoms with Crippen molar-refractivity contribution in [3.05, 3.63) is 75.4 Å². The molecule has 2 heterocycles. The van der Waals surface area contributed by atoms with E-state index in [0.717, 1.165) is 22.1 Å². The first kappa shape index (κ1) is 23.1. The molecule has 0 radical (unpaired) electrons. The molecule has 1 aliphatic carbocycles. The van der Waals surface area contributed by atoms with E-state index in [4.69, 9.17) is 4.42 Å². The van der Waals surface area contributed by atoms with Crippen LogP contribution in [0.2, 0.25) is 0 Å². The van der Waals surface area contributed by atoms with Crippen molar-refractivity contribution in [3.63, 3.8) is 0 Å². The van der Waals surface area contributed by atoms with Crippen LogP contribution < -0.4 is 10.7 Å². The fraction of sp³-hybridized carbons (Fsp3) is 0.304. The SMILES string of the molecule is Cn1c(=O)oc2cc(N3C=C(C(=O)O)C(O)N([C@@H]4CCc5c4cccc5C(F)(F)F)C3O)ccc21. The van der Waals surface area contributed by atoms with Gasteiger partial charge in [-0.15, -0.1) is 0 Å². The number of nitrogens with zero attached hydrogens (tertiary/aromatic N) is 3. The molecule has 0 saturated carbocycles. The van der Waals surface area contributed by atoms with Crippen molar-refractivity contribution >= 4 is 22.8 Å². The van der Waals surface area contributed by atoms with E-state index in [-0.39, 0.29) is 35.2 Å². The van der Waals surface area contributed by atoms with Gasteiger partial charge in [-0.3, -0.25) is 4.57 Å². The van der Waals surface area contributed by atoms with Gasteiger partial charge in [0, 0.05) is 31.0 Å². The van der Waals surface area contributed by atoms with Crippen LogP contribution in [0.4, 0.5) is 18.9 Å². The second kappa shape index (κ2) is 7.97.